The first-order chi connectivity index (χ1) is 9.15. The van der Waals surface area contributed by atoms with Gasteiger partial charge in [-0.05, 0) is 53.6 Å². The van der Waals surface area contributed by atoms with Crippen LogP contribution in [-0.2, 0) is 7.05 Å². The van der Waals surface area contributed by atoms with E-state index in [1.54, 1.807) is 0 Å². The number of hydrogen-bond donors (Lipinski definition) is 1. The number of halogens is 1. The van der Waals surface area contributed by atoms with Crippen molar-refractivity contribution in [1.82, 2.24) is 20.3 Å². The molecule has 0 aliphatic heterocycles. The molecule has 0 aliphatic rings. The van der Waals surface area contributed by atoms with Crippen LogP contribution in [0.5, 0.6) is 0 Å². The number of nitrogens with zero attached hydrogens (tertiary/aromatic N) is 3. The van der Waals surface area contributed by atoms with Crippen molar-refractivity contribution >= 4 is 22.6 Å². The highest BCUT2D eigenvalue weighted by Gasteiger charge is 2.20. The van der Waals surface area contributed by atoms with Gasteiger partial charge in [-0.25, -0.2) is 0 Å². The molecular formula is C14H19IN4. The average Bonchev–Trinajstić information content (AvgIpc) is 2.81. The van der Waals surface area contributed by atoms with E-state index in [1.165, 1.54) is 14.7 Å². The van der Waals surface area contributed by atoms with Crippen molar-refractivity contribution in [2.75, 3.05) is 6.54 Å². The first-order valence-electron chi connectivity index (χ1n) is 6.48. The van der Waals surface area contributed by atoms with Gasteiger partial charge < -0.3 is 5.32 Å². The molecule has 1 N–H and O–H groups in total. The van der Waals surface area contributed by atoms with E-state index >= 15 is 0 Å². The third kappa shape index (κ3) is 3.14. The van der Waals surface area contributed by atoms with Gasteiger partial charge in [0.15, 0.2) is 0 Å². The molecule has 0 fully saturated rings. The number of nitrogens with one attached hydrogen (secondary N) is 1. The smallest absolute Gasteiger partial charge is 0.0799 e. The summed E-state index contributed by atoms with van der Waals surface area (Å²) in [6.07, 6.45) is 2.94. The van der Waals surface area contributed by atoms with Gasteiger partial charge in [0.05, 0.1) is 17.9 Å². The van der Waals surface area contributed by atoms with Crippen LogP contribution in [0.3, 0.4) is 0 Å². The quantitative estimate of drug-likeness (QED) is 0.824. The highest BCUT2D eigenvalue weighted by Crippen LogP contribution is 2.27. The molecule has 4 nitrogen and oxygen atoms in total. The maximum absolute atomic E-state index is 4.05. The lowest BCUT2D eigenvalue weighted by Gasteiger charge is -2.21. The number of benzene rings is 1. The van der Waals surface area contributed by atoms with Crippen LogP contribution in [0.25, 0.3) is 0 Å². The Labute approximate surface area is 127 Å². The lowest BCUT2D eigenvalue weighted by molar-refractivity contribution is 0.549. The second-order valence-corrected chi connectivity index (χ2v) is 5.73. The highest BCUT2D eigenvalue weighted by atomic mass is 127. The Kier molecular flexibility index (Phi) is 4.93. The molecule has 0 saturated carbocycles. The van der Waals surface area contributed by atoms with Gasteiger partial charge in [0.2, 0.25) is 0 Å². The number of hydrogen-bond acceptors (Lipinski definition) is 3. The summed E-state index contributed by atoms with van der Waals surface area (Å²) in [6.45, 7) is 5.29. The molecule has 1 aromatic heterocycles. The largest absolute Gasteiger partial charge is 0.305 e. The third-order valence-electron chi connectivity index (χ3n) is 3.18. The fraction of sp³-hybridized carbons (Fsp3) is 0.429. The molecule has 5 heteroatoms. The van der Waals surface area contributed by atoms with E-state index in [4.69, 9.17) is 0 Å². The molecule has 1 unspecified atom stereocenters. The van der Waals surface area contributed by atoms with Crippen LogP contribution >= 0.6 is 22.6 Å². The maximum Gasteiger partial charge on any atom is 0.0799 e. The fourth-order valence-electron chi connectivity index (χ4n) is 2.11. The Morgan fingerprint density at radius 3 is 2.84 bits per heavy atom. The summed E-state index contributed by atoms with van der Waals surface area (Å²) in [4.78, 5) is 0. The Bertz CT molecular complexity index is 550. The molecule has 19 heavy (non-hydrogen) atoms. The van der Waals surface area contributed by atoms with Gasteiger partial charge in [0.1, 0.15) is 0 Å². The zero-order valence-electron chi connectivity index (χ0n) is 11.5. The lowest BCUT2D eigenvalue weighted by Crippen LogP contribution is -2.26. The van der Waals surface area contributed by atoms with Crippen LogP contribution in [-0.4, -0.2) is 21.5 Å². The minimum atomic E-state index is 0.145. The molecule has 2 aromatic rings. The van der Waals surface area contributed by atoms with E-state index in [2.05, 4.69) is 70.3 Å². The molecule has 0 bridgehead atoms. The SMILES string of the molecule is CCCNC(c1cccc(C)c1I)c1cnnn1C. The van der Waals surface area contributed by atoms with Crippen molar-refractivity contribution in [3.63, 3.8) is 0 Å². The number of aryl methyl sites for hydroxylation is 2. The zero-order valence-corrected chi connectivity index (χ0v) is 13.7. The molecule has 1 heterocycles. The summed E-state index contributed by atoms with van der Waals surface area (Å²) < 4.78 is 3.14. The normalized spacial score (nSPS) is 12.6. The molecule has 0 aliphatic carbocycles. The maximum atomic E-state index is 4.05. The van der Waals surface area contributed by atoms with Gasteiger partial charge in [-0.3, -0.25) is 4.68 Å². The summed E-state index contributed by atoms with van der Waals surface area (Å²) in [7, 11) is 1.94. The molecule has 1 aromatic carbocycles. The summed E-state index contributed by atoms with van der Waals surface area (Å²) in [5.74, 6) is 0. The zero-order chi connectivity index (χ0) is 13.8. The van der Waals surface area contributed by atoms with Crippen LogP contribution in [0.2, 0.25) is 0 Å². The van der Waals surface area contributed by atoms with E-state index in [0.717, 1.165) is 18.7 Å². The van der Waals surface area contributed by atoms with Crippen molar-refractivity contribution in [3.05, 3.63) is 44.8 Å². The third-order valence-corrected chi connectivity index (χ3v) is 4.65. The number of rotatable bonds is 5. The molecule has 2 rings (SSSR count). The molecular weight excluding hydrogens is 351 g/mol. The topological polar surface area (TPSA) is 42.7 Å². The molecule has 102 valence electrons. The number of aromatic nitrogens is 3. The van der Waals surface area contributed by atoms with Crippen LogP contribution < -0.4 is 5.32 Å². The molecule has 0 saturated heterocycles. The van der Waals surface area contributed by atoms with Crippen molar-refractivity contribution in [2.24, 2.45) is 7.05 Å². The van der Waals surface area contributed by atoms with Gasteiger partial charge in [0, 0.05) is 10.6 Å². The second-order valence-electron chi connectivity index (χ2n) is 4.65. The fourth-order valence-corrected chi connectivity index (χ4v) is 2.79. The predicted molar refractivity (Wildman–Crippen MR) is 85.0 cm³/mol. The Morgan fingerprint density at radius 2 is 2.21 bits per heavy atom. The van der Waals surface area contributed by atoms with Crippen molar-refractivity contribution in [2.45, 2.75) is 26.3 Å². The summed E-state index contributed by atoms with van der Waals surface area (Å²) in [5, 5.41) is 11.6. The highest BCUT2D eigenvalue weighted by molar-refractivity contribution is 14.1. The molecule has 0 spiro atoms. The Balaban J connectivity index is 2.43. The monoisotopic (exact) mass is 370 g/mol. The van der Waals surface area contributed by atoms with Crippen LogP contribution in [0.1, 0.15) is 36.2 Å². The minimum absolute atomic E-state index is 0.145. The van der Waals surface area contributed by atoms with Crippen molar-refractivity contribution < 1.29 is 0 Å². The van der Waals surface area contributed by atoms with Crippen molar-refractivity contribution in [3.8, 4) is 0 Å². The lowest BCUT2D eigenvalue weighted by atomic mass is 10.0. The standard InChI is InChI=1S/C14H19IN4/c1-4-8-16-14(12-9-17-18-19(12)3)11-7-5-6-10(2)13(11)15/h5-7,9,14,16H,4,8H2,1-3H3. The van der Waals surface area contributed by atoms with Crippen LogP contribution in [0.4, 0.5) is 0 Å². The van der Waals surface area contributed by atoms with Crippen LogP contribution in [0.15, 0.2) is 24.4 Å². The van der Waals surface area contributed by atoms with E-state index < -0.39 is 0 Å². The average molecular weight is 370 g/mol. The molecule has 1 atom stereocenters. The Hall–Kier alpha value is -0.950. The van der Waals surface area contributed by atoms with Crippen LogP contribution in [0, 0.1) is 10.5 Å². The Morgan fingerprint density at radius 1 is 1.42 bits per heavy atom. The first kappa shape index (κ1) is 14.5. The summed E-state index contributed by atoms with van der Waals surface area (Å²) in [6, 6.07) is 6.57. The summed E-state index contributed by atoms with van der Waals surface area (Å²) >= 11 is 2.42. The second kappa shape index (κ2) is 6.47. The molecule has 0 radical (unpaired) electrons. The first-order valence-corrected chi connectivity index (χ1v) is 7.56. The van der Waals surface area contributed by atoms with Gasteiger partial charge in [0.25, 0.3) is 0 Å². The molecule has 0 amide bonds. The van der Waals surface area contributed by atoms with E-state index in [-0.39, 0.29) is 6.04 Å². The van der Waals surface area contributed by atoms with Gasteiger partial charge in [-0.1, -0.05) is 30.3 Å². The van der Waals surface area contributed by atoms with E-state index in [1.807, 2.05) is 17.9 Å². The van der Waals surface area contributed by atoms with Gasteiger partial charge in [-0.2, -0.15) is 0 Å². The van der Waals surface area contributed by atoms with E-state index in [0.29, 0.717) is 0 Å². The van der Waals surface area contributed by atoms with Gasteiger partial charge in [-0.15, -0.1) is 5.10 Å². The summed E-state index contributed by atoms with van der Waals surface area (Å²) in [5.41, 5.74) is 3.69. The minimum Gasteiger partial charge on any atom is -0.305 e. The van der Waals surface area contributed by atoms with Gasteiger partial charge >= 0.3 is 0 Å². The van der Waals surface area contributed by atoms with Crippen molar-refractivity contribution in [1.29, 1.82) is 0 Å². The van der Waals surface area contributed by atoms with E-state index in [9.17, 15) is 0 Å². The predicted octanol–water partition coefficient (Wildman–Crippen LogP) is 2.82.